The first-order valence-corrected chi connectivity index (χ1v) is 7.80. The molecule has 3 nitrogen and oxygen atoms in total. The largest absolute Gasteiger partial charge is 0.491 e. The van der Waals surface area contributed by atoms with Crippen molar-refractivity contribution in [2.75, 3.05) is 19.7 Å². The molecule has 0 radical (unpaired) electrons. The van der Waals surface area contributed by atoms with Crippen LogP contribution in [0.1, 0.15) is 25.7 Å². The van der Waals surface area contributed by atoms with Crippen molar-refractivity contribution in [2.24, 2.45) is 5.92 Å². The van der Waals surface area contributed by atoms with Gasteiger partial charge in [-0.2, -0.15) is 0 Å². The van der Waals surface area contributed by atoms with E-state index in [9.17, 15) is 5.11 Å². The summed E-state index contributed by atoms with van der Waals surface area (Å²) in [5.74, 6) is 1.78. The summed E-state index contributed by atoms with van der Waals surface area (Å²) >= 11 is 3.37. The molecule has 2 rings (SSSR count). The molecule has 0 aromatic heterocycles. The van der Waals surface area contributed by atoms with Gasteiger partial charge in [0.2, 0.25) is 0 Å². The molecule has 1 aromatic rings. The van der Waals surface area contributed by atoms with Gasteiger partial charge in [-0.3, -0.25) is 0 Å². The van der Waals surface area contributed by atoms with Gasteiger partial charge in [-0.25, -0.2) is 0 Å². The normalized spacial score (nSPS) is 16.3. The van der Waals surface area contributed by atoms with Crippen LogP contribution in [-0.2, 0) is 0 Å². The Morgan fingerprint density at radius 3 is 2.74 bits per heavy atom. The van der Waals surface area contributed by atoms with E-state index in [1.54, 1.807) is 0 Å². The third kappa shape index (κ3) is 6.41. The van der Waals surface area contributed by atoms with Crippen LogP contribution in [-0.4, -0.2) is 30.9 Å². The lowest BCUT2D eigenvalue weighted by Gasteiger charge is -2.13. The van der Waals surface area contributed by atoms with Crippen LogP contribution in [0.2, 0.25) is 0 Å². The first kappa shape index (κ1) is 14.8. The lowest BCUT2D eigenvalue weighted by Crippen LogP contribution is -2.32. The highest BCUT2D eigenvalue weighted by molar-refractivity contribution is 9.10. The predicted molar refractivity (Wildman–Crippen MR) is 80.5 cm³/mol. The van der Waals surface area contributed by atoms with Gasteiger partial charge in [0.25, 0.3) is 0 Å². The summed E-state index contributed by atoms with van der Waals surface area (Å²) < 4.78 is 6.54. The second-order valence-electron chi connectivity index (χ2n) is 5.21. The fraction of sp³-hybridized carbons (Fsp3) is 0.600. The van der Waals surface area contributed by atoms with Gasteiger partial charge in [-0.05, 0) is 49.6 Å². The molecule has 0 bridgehead atoms. The van der Waals surface area contributed by atoms with Crippen LogP contribution in [0.3, 0.4) is 0 Å². The SMILES string of the molecule is OC(CNCCCC1CC1)COc1ccc(Br)cc1. The number of hydrogen-bond donors (Lipinski definition) is 2. The van der Waals surface area contributed by atoms with E-state index < -0.39 is 6.10 Å². The third-order valence-corrected chi connectivity index (χ3v) is 3.83. The van der Waals surface area contributed by atoms with Crippen molar-refractivity contribution in [1.82, 2.24) is 5.32 Å². The van der Waals surface area contributed by atoms with Gasteiger partial charge in [0.1, 0.15) is 18.5 Å². The quantitative estimate of drug-likeness (QED) is 0.685. The number of hydrogen-bond acceptors (Lipinski definition) is 3. The summed E-state index contributed by atoms with van der Waals surface area (Å²) in [6.07, 6.45) is 4.93. The Balaban J connectivity index is 1.51. The molecular formula is C15H22BrNO2. The Labute approximate surface area is 123 Å². The topological polar surface area (TPSA) is 41.5 Å². The number of ether oxygens (including phenoxy) is 1. The van der Waals surface area contributed by atoms with E-state index in [2.05, 4.69) is 21.2 Å². The summed E-state index contributed by atoms with van der Waals surface area (Å²) in [5, 5.41) is 13.1. The molecule has 0 aliphatic heterocycles. The van der Waals surface area contributed by atoms with Crippen molar-refractivity contribution in [1.29, 1.82) is 0 Å². The molecule has 19 heavy (non-hydrogen) atoms. The molecule has 1 aromatic carbocycles. The molecule has 1 atom stereocenters. The van der Waals surface area contributed by atoms with Gasteiger partial charge in [0, 0.05) is 11.0 Å². The molecular weight excluding hydrogens is 306 g/mol. The fourth-order valence-electron chi connectivity index (χ4n) is 1.97. The van der Waals surface area contributed by atoms with Crippen molar-refractivity contribution in [3.05, 3.63) is 28.7 Å². The summed E-state index contributed by atoms with van der Waals surface area (Å²) in [5.41, 5.74) is 0. The molecule has 2 N–H and O–H groups in total. The average molecular weight is 328 g/mol. The Bertz CT molecular complexity index is 365. The van der Waals surface area contributed by atoms with Crippen LogP contribution in [0, 0.1) is 5.92 Å². The van der Waals surface area contributed by atoms with Crippen molar-refractivity contribution in [3.63, 3.8) is 0 Å². The van der Waals surface area contributed by atoms with E-state index in [4.69, 9.17) is 4.74 Å². The molecule has 1 fully saturated rings. The van der Waals surface area contributed by atoms with Gasteiger partial charge in [0.05, 0.1) is 0 Å². The maximum Gasteiger partial charge on any atom is 0.119 e. The van der Waals surface area contributed by atoms with Crippen molar-refractivity contribution in [2.45, 2.75) is 31.8 Å². The van der Waals surface area contributed by atoms with Gasteiger partial charge in [-0.15, -0.1) is 0 Å². The van der Waals surface area contributed by atoms with Crippen LogP contribution in [0.5, 0.6) is 5.75 Å². The number of nitrogens with one attached hydrogen (secondary N) is 1. The van der Waals surface area contributed by atoms with Crippen LogP contribution in [0.25, 0.3) is 0 Å². The lowest BCUT2D eigenvalue weighted by atomic mass is 10.2. The van der Waals surface area contributed by atoms with Gasteiger partial charge >= 0.3 is 0 Å². The zero-order valence-corrected chi connectivity index (χ0v) is 12.7. The molecule has 0 saturated heterocycles. The zero-order valence-electron chi connectivity index (χ0n) is 11.1. The standard InChI is InChI=1S/C15H22BrNO2/c16-13-5-7-15(8-6-13)19-11-14(18)10-17-9-1-2-12-3-4-12/h5-8,12,14,17-18H,1-4,9-11H2. The second kappa shape index (κ2) is 7.88. The van der Waals surface area contributed by atoms with E-state index in [-0.39, 0.29) is 0 Å². The van der Waals surface area contributed by atoms with E-state index in [1.807, 2.05) is 24.3 Å². The molecule has 1 aliphatic carbocycles. The van der Waals surface area contributed by atoms with Gasteiger partial charge in [0.15, 0.2) is 0 Å². The summed E-state index contributed by atoms with van der Waals surface area (Å²) in [4.78, 5) is 0. The summed E-state index contributed by atoms with van der Waals surface area (Å²) in [7, 11) is 0. The minimum Gasteiger partial charge on any atom is -0.491 e. The van der Waals surface area contributed by atoms with Crippen molar-refractivity contribution >= 4 is 15.9 Å². The minimum atomic E-state index is -0.454. The number of aliphatic hydroxyl groups is 1. The Morgan fingerprint density at radius 2 is 2.05 bits per heavy atom. The van der Waals surface area contributed by atoms with Gasteiger partial charge in [-0.1, -0.05) is 28.8 Å². The van der Waals surface area contributed by atoms with Crippen LogP contribution >= 0.6 is 15.9 Å². The van der Waals surface area contributed by atoms with E-state index in [1.165, 1.54) is 25.7 Å². The van der Waals surface area contributed by atoms with E-state index in [0.717, 1.165) is 22.7 Å². The second-order valence-corrected chi connectivity index (χ2v) is 6.12. The van der Waals surface area contributed by atoms with Crippen LogP contribution in [0.15, 0.2) is 28.7 Å². The third-order valence-electron chi connectivity index (χ3n) is 3.30. The Hall–Kier alpha value is -0.580. The molecule has 0 spiro atoms. The Morgan fingerprint density at radius 1 is 1.32 bits per heavy atom. The average Bonchev–Trinajstić information content (AvgIpc) is 3.22. The first-order chi connectivity index (χ1) is 9.24. The number of halogens is 1. The summed E-state index contributed by atoms with van der Waals surface area (Å²) in [6, 6.07) is 7.63. The van der Waals surface area contributed by atoms with E-state index >= 15 is 0 Å². The molecule has 1 saturated carbocycles. The zero-order chi connectivity index (χ0) is 13.5. The molecule has 0 heterocycles. The van der Waals surface area contributed by atoms with Crippen LogP contribution < -0.4 is 10.1 Å². The highest BCUT2D eigenvalue weighted by Gasteiger charge is 2.19. The highest BCUT2D eigenvalue weighted by Crippen LogP contribution is 2.33. The number of rotatable bonds is 9. The molecule has 0 amide bonds. The highest BCUT2D eigenvalue weighted by atomic mass is 79.9. The minimum absolute atomic E-state index is 0.331. The molecule has 1 unspecified atom stereocenters. The lowest BCUT2D eigenvalue weighted by molar-refractivity contribution is 0.106. The predicted octanol–water partition coefficient (Wildman–Crippen LogP) is 2.97. The van der Waals surface area contributed by atoms with Gasteiger partial charge < -0.3 is 15.2 Å². The molecule has 1 aliphatic rings. The fourth-order valence-corrected chi connectivity index (χ4v) is 2.24. The molecule has 4 heteroatoms. The monoisotopic (exact) mass is 327 g/mol. The summed E-state index contributed by atoms with van der Waals surface area (Å²) in [6.45, 7) is 1.92. The van der Waals surface area contributed by atoms with E-state index in [0.29, 0.717) is 13.2 Å². The number of benzene rings is 1. The molecule has 106 valence electrons. The maximum atomic E-state index is 9.79. The first-order valence-electron chi connectivity index (χ1n) is 7.01. The smallest absolute Gasteiger partial charge is 0.119 e. The van der Waals surface area contributed by atoms with Crippen LogP contribution in [0.4, 0.5) is 0 Å². The van der Waals surface area contributed by atoms with Crippen molar-refractivity contribution < 1.29 is 9.84 Å². The Kier molecular flexibility index (Phi) is 6.14. The van der Waals surface area contributed by atoms with Crippen molar-refractivity contribution in [3.8, 4) is 5.75 Å². The number of aliphatic hydroxyl groups excluding tert-OH is 1. The maximum absolute atomic E-state index is 9.79.